The maximum absolute atomic E-state index is 6.80. The molecule has 246 valence electrons. The van der Waals surface area contributed by atoms with Gasteiger partial charge in [0.1, 0.15) is 33.5 Å². The lowest BCUT2D eigenvalue weighted by Crippen LogP contribution is -1.92. The molecule has 0 spiro atoms. The second-order valence-electron chi connectivity index (χ2n) is 13.9. The van der Waals surface area contributed by atoms with Crippen molar-refractivity contribution >= 4 is 87.4 Å². The van der Waals surface area contributed by atoms with E-state index in [1.54, 1.807) is 0 Å². The van der Waals surface area contributed by atoms with E-state index in [0.29, 0.717) is 0 Å². The standard InChI is InChI=1S/C50H28O3/c1-3-18-36-34(16-1)46(31-13-11-12-29(26-31)30-24-25-45-39(27-30)32-14-5-8-21-42(32)51-45)35-17-2-4-19-37(35)47(36)41-28-40-33-15-6-9-22-43(33)52-49(40)48-38-20-7-10-23-44(38)53-50(41)48/h1-28H. The minimum Gasteiger partial charge on any atom is -0.456 e. The lowest BCUT2D eigenvalue weighted by molar-refractivity contribution is 0.663. The van der Waals surface area contributed by atoms with Crippen molar-refractivity contribution in [2.75, 3.05) is 0 Å². The van der Waals surface area contributed by atoms with Gasteiger partial charge in [0.2, 0.25) is 0 Å². The van der Waals surface area contributed by atoms with Gasteiger partial charge in [-0.1, -0.05) is 127 Å². The first-order valence-corrected chi connectivity index (χ1v) is 18.0. The van der Waals surface area contributed by atoms with Gasteiger partial charge in [0.05, 0.1) is 5.39 Å². The van der Waals surface area contributed by atoms with Crippen molar-refractivity contribution in [1.82, 2.24) is 0 Å². The van der Waals surface area contributed by atoms with Crippen molar-refractivity contribution in [3.8, 4) is 33.4 Å². The van der Waals surface area contributed by atoms with Crippen LogP contribution in [0.15, 0.2) is 183 Å². The van der Waals surface area contributed by atoms with Gasteiger partial charge >= 0.3 is 0 Å². The molecule has 3 nitrogen and oxygen atoms in total. The second kappa shape index (κ2) is 10.7. The summed E-state index contributed by atoms with van der Waals surface area (Å²) in [4.78, 5) is 0. The fraction of sp³-hybridized carbons (Fsp3) is 0. The largest absolute Gasteiger partial charge is 0.456 e. The highest BCUT2D eigenvalue weighted by atomic mass is 16.3. The summed E-state index contributed by atoms with van der Waals surface area (Å²) in [5, 5.41) is 11.2. The Balaban J connectivity index is 1.15. The molecule has 0 N–H and O–H groups in total. The average molecular weight is 677 g/mol. The lowest BCUT2D eigenvalue weighted by Gasteiger charge is -2.18. The number of rotatable bonds is 3. The molecular weight excluding hydrogens is 649 g/mol. The van der Waals surface area contributed by atoms with E-state index in [0.717, 1.165) is 88.1 Å². The zero-order valence-corrected chi connectivity index (χ0v) is 28.4. The van der Waals surface area contributed by atoms with E-state index in [1.165, 1.54) is 32.7 Å². The lowest BCUT2D eigenvalue weighted by atomic mass is 9.84. The Labute approximate surface area is 302 Å². The monoisotopic (exact) mass is 676 g/mol. The van der Waals surface area contributed by atoms with Gasteiger partial charge in [-0.3, -0.25) is 0 Å². The Morgan fingerprint density at radius 3 is 1.45 bits per heavy atom. The Morgan fingerprint density at radius 1 is 0.264 bits per heavy atom. The van der Waals surface area contributed by atoms with Gasteiger partial charge in [-0.25, -0.2) is 0 Å². The highest BCUT2D eigenvalue weighted by Crippen LogP contribution is 2.49. The van der Waals surface area contributed by atoms with Crippen molar-refractivity contribution in [3.63, 3.8) is 0 Å². The first-order chi connectivity index (χ1) is 26.3. The molecule has 0 amide bonds. The minimum atomic E-state index is 0.838. The zero-order valence-electron chi connectivity index (χ0n) is 28.4. The summed E-state index contributed by atoms with van der Waals surface area (Å²) in [5.74, 6) is 0. The third-order valence-corrected chi connectivity index (χ3v) is 11.1. The van der Waals surface area contributed by atoms with Gasteiger partial charge in [0.25, 0.3) is 0 Å². The maximum atomic E-state index is 6.80. The van der Waals surface area contributed by atoms with E-state index in [2.05, 4.69) is 133 Å². The first-order valence-electron chi connectivity index (χ1n) is 18.0. The topological polar surface area (TPSA) is 39.4 Å². The summed E-state index contributed by atoms with van der Waals surface area (Å²) in [6.07, 6.45) is 0. The van der Waals surface area contributed by atoms with Crippen molar-refractivity contribution in [2.24, 2.45) is 0 Å². The van der Waals surface area contributed by atoms with E-state index in [1.807, 2.05) is 36.4 Å². The molecule has 0 atom stereocenters. The molecule has 0 aliphatic heterocycles. The molecule has 0 radical (unpaired) electrons. The molecule has 12 rings (SSSR count). The number of furan rings is 3. The summed E-state index contributed by atoms with van der Waals surface area (Å²) in [7, 11) is 0. The van der Waals surface area contributed by atoms with Crippen LogP contribution in [0.5, 0.6) is 0 Å². The van der Waals surface area contributed by atoms with Crippen LogP contribution in [0.1, 0.15) is 0 Å². The second-order valence-corrected chi connectivity index (χ2v) is 13.9. The van der Waals surface area contributed by atoms with E-state index in [4.69, 9.17) is 13.3 Å². The Bertz CT molecular complexity index is 3410. The van der Waals surface area contributed by atoms with E-state index < -0.39 is 0 Å². The van der Waals surface area contributed by atoms with Crippen LogP contribution in [0.3, 0.4) is 0 Å². The molecule has 0 aliphatic carbocycles. The van der Waals surface area contributed by atoms with Crippen LogP contribution in [0.4, 0.5) is 0 Å². The van der Waals surface area contributed by atoms with Crippen molar-refractivity contribution < 1.29 is 13.3 Å². The smallest absolute Gasteiger partial charge is 0.147 e. The Hall–Kier alpha value is -7.10. The number of hydrogen-bond acceptors (Lipinski definition) is 3. The summed E-state index contributed by atoms with van der Waals surface area (Å²) in [6.45, 7) is 0. The van der Waals surface area contributed by atoms with Crippen LogP contribution in [0, 0.1) is 0 Å². The van der Waals surface area contributed by atoms with Crippen LogP contribution >= 0.6 is 0 Å². The molecule has 3 heterocycles. The molecule has 0 bridgehead atoms. The summed E-state index contributed by atoms with van der Waals surface area (Å²) < 4.78 is 19.6. The van der Waals surface area contributed by atoms with Gasteiger partial charge in [-0.15, -0.1) is 0 Å². The maximum Gasteiger partial charge on any atom is 0.147 e. The van der Waals surface area contributed by atoms with E-state index >= 15 is 0 Å². The van der Waals surface area contributed by atoms with Gasteiger partial charge in [0, 0.05) is 38.1 Å². The molecule has 0 saturated heterocycles. The summed E-state index contributed by atoms with van der Waals surface area (Å²) in [6, 6.07) is 60.2. The minimum absolute atomic E-state index is 0.838. The van der Waals surface area contributed by atoms with Crippen molar-refractivity contribution in [2.45, 2.75) is 0 Å². The highest BCUT2D eigenvalue weighted by Gasteiger charge is 2.24. The van der Waals surface area contributed by atoms with Crippen molar-refractivity contribution in [3.05, 3.63) is 170 Å². The predicted molar refractivity (Wildman–Crippen MR) is 220 cm³/mol. The van der Waals surface area contributed by atoms with Gasteiger partial charge in [0.15, 0.2) is 0 Å². The number of para-hydroxylation sites is 3. The molecule has 3 aromatic heterocycles. The Morgan fingerprint density at radius 2 is 0.755 bits per heavy atom. The van der Waals surface area contributed by atoms with Crippen LogP contribution in [-0.2, 0) is 0 Å². The van der Waals surface area contributed by atoms with Crippen LogP contribution in [-0.4, -0.2) is 0 Å². The molecule has 9 aromatic carbocycles. The fourth-order valence-corrected chi connectivity index (χ4v) is 8.74. The normalized spacial score (nSPS) is 12.2. The zero-order chi connectivity index (χ0) is 34.6. The third-order valence-electron chi connectivity index (χ3n) is 11.1. The summed E-state index contributed by atoms with van der Waals surface area (Å²) in [5.41, 5.74) is 12.1. The van der Waals surface area contributed by atoms with Crippen LogP contribution in [0.25, 0.3) is 121 Å². The summed E-state index contributed by atoms with van der Waals surface area (Å²) >= 11 is 0. The molecule has 0 fully saturated rings. The van der Waals surface area contributed by atoms with Gasteiger partial charge in [-0.2, -0.15) is 0 Å². The van der Waals surface area contributed by atoms with Crippen LogP contribution < -0.4 is 0 Å². The van der Waals surface area contributed by atoms with Gasteiger partial charge < -0.3 is 13.3 Å². The predicted octanol–water partition coefficient (Wildman–Crippen LogP) is 14.7. The SMILES string of the molecule is c1cc(-c2ccc3oc4ccccc4c3c2)cc(-c2c3ccccc3c(-c3cc4c5ccccc5oc4c4c3oc3ccccc34)c3ccccc23)c1. The van der Waals surface area contributed by atoms with Gasteiger partial charge in [-0.05, 0) is 86.3 Å². The molecule has 12 aromatic rings. The molecule has 0 aliphatic rings. The quantitative estimate of drug-likeness (QED) is 0.175. The highest BCUT2D eigenvalue weighted by molar-refractivity contribution is 6.29. The average Bonchev–Trinajstić information content (AvgIpc) is 3.91. The van der Waals surface area contributed by atoms with E-state index in [9.17, 15) is 0 Å². The molecular formula is C50H28O3. The molecule has 0 unspecified atom stereocenters. The number of benzene rings is 9. The third kappa shape index (κ3) is 4.05. The Kier molecular flexibility index (Phi) is 5.77. The molecule has 0 saturated carbocycles. The molecule has 53 heavy (non-hydrogen) atoms. The van der Waals surface area contributed by atoms with E-state index in [-0.39, 0.29) is 0 Å². The van der Waals surface area contributed by atoms with Crippen LogP contribution in [0.2, 0.25) is 0 Å². The first kappa shape index (κ1) is 28.6. The fourth-order valence-electron chi connectivity index (χ4n) is 8.74. The number of fused-ring (bicyclic) bond motifs is 12. The molecule has 3 heteroatoms. The number of hydrogen-bond donors (Lipinski definition) is 0. The van der Waals surface area contributed by atoms with Crippen molar-refractivity contribution in [1.29, 1.82) is 0 Å².